The predicted octanol–water partition coefficient (Wildman–Crippen LogP) is -0.0336. The lowest BCUT2D eigenvalue weighted by Crippen LogP contribution is -3.14. The molecule has 1 aromatic carbocycles. The summed E-state index contributed by atoms with van der Waals surface area (Å²) in [5.41, 5.74) is 0.318. The van der Waals surface area contributed by atoms with Crippen molar-refractivity contribution >= 4 is 6.41 Å². The number of likely N-dealkylation sites (tertiary alicyclic amines) is 1. The van der Waals surface area contributed by atoms with Gasteiger partial charge in [-0.25, -0.2) is 10.4 Å². The first-order valence-electron chi connectivity index (χ1n) is 10.1. The van der Waals surface area contributed by atoms with E-state index >= 15 is 0 Å². The molecule has 7 rings (SSSR count). The Hall–Kier alpha value is -2.13. The number of carbonyl (C=O) groups is 1. The number of amides is 1. The summed E-state index contributed by atoms with van der Waals surface area (Å²) in [6.07, 6.45) is 6.32. The third-order valence-electron chi connectivity index (χ3n) is 8.48. The number of hydrogen-bond donors (Lipinski definition) is 2. The lowest BCUT2D eigenvalue weighted by Gasteiger charge is -2.70. The zero-order valence-electron chi connectivity index (χ0n) is 16.4. The topological polar surface area (TPSA) is 95.7 Å². The molecule has 2 heterocycles. The Morgan fingerprint density at radius 2 is 2.21 bits per heavy atom. The molecule has 2 aliphatic heterocycles. The maximum absolute atomic E-state index is 12.4. The Morgan fingerprint density at radius 1 is 1.38 bits per heavy atom. The molecule has 8 heteroatoms. The van der Waals surface area contributed by atoms with Crippen molar-refractivity contribution in [2.45, 2.75) is 48.5 Å². The number of methoxy groups -OCH3 is 2. The minimum Gasteiger partial charge on any atom is -0.600 e. The van der Waals surface area contributed by atoms with Gasteiger partial charge in [-0.2, -0.15) is 0 Å². The van der Waals surface area contributed by atoms with Crippen LogP contribution in [-0.2, 0) is 21.4 Å². The van der Waals surface area contributed by atoms with Crippen LogP contribution in [0.4, 0.5) is 0 Å². The van der Waals surface area contributed by atoms with Gasteiger partial charge < -0.3 is 24.3 Å². The minimum absolute atomic E-state index is 0.0973. The van der Waals surface area contributed by atoms with Gasteiger partial charge in [0.15, 0.2) is 23.1 Å². The van der Waals surface area contributed by atoms with E-state index in [2.05, 4.69) is 12.1 Å². The molecule has 0 radical (unpaired) electrons. The van der Waals surface area contributed by atoms with Gasteiger partial charge in [-0.3, -0.25) is 4.79 Å². The third kappa shape index (κ3) is 1.64. The fourth-order valence-electron chi connectivity index (χ4n) is 7.43. The van der Waals surface area contributed by atoms with E-state index in [-0.39, 0.29) is 6.04 Å². The first kappa shape index (κ1) is 17.7. The number of hydroxylamine groups is 2. The lowest BCUT2D eigenvalue weighted by atomic mass is 9.38. The molecule has 1 amide bonds. The van der Waals surface area contributed by atoms with Crippen molar-refractivity contribution in [2.24, 2.45) is 5.41 Å². The van der Waals surface area contributed by atoms with Crippen LogP contribution in [0, 0.1) is 10.6 Å². The number of benzene rings is 1. The second-order valence-corrected chi connectivity index (χ2v) is 8.94. The fourth-order valence-corrected chi connectivity index (χ4v) is 7.43. The van der Waals surface area contributed by atoms with E-state index < -0.39 is 33.8 Å². The first-order valence-corrected chi connectivity index (χ1v) is 10.1. The summed E-state index contributed by atoms with van der Waals surface area (Å²) >= 11 is 0. The highest BCUT2D eigenvalue weighted by molar-refractivity contribution is 5.66. The average Bonchev–Trinajstić information content (AvgIpc) is 3.10. The second kappa shape index (κ2) is 5.31. The van der Waals surface area contributed by atoms with E-state index in [1.165, 1.54) is 0 Å². The van der Waals surface area contributed by atoms with E-state index in [9.17, 15) is 15.2 Å². The lowest BCUT2D eigenvalue weighted by molar-refractivity contribution is -1.07. The summed E-state index contributed by atoms with van der Waals surface area (Å²) < 4.78 is 18.2. The SMILES string of the molecule is COc1ccc2c3c1O[C@H]1[C@@]4(OC)C=C[C@@]5(C[C@H]4[NH+]([O-])O)[C@@H](C2)N(C=O)CC[C@]315. The first-order chi connectivity index (χ1) is 14.0. The van der Waals surface area contributed by atoms with Crippen LogP contribution in [0.2, 0.25) is 0 Å². The Morgan fingerprint density at radius 3 is 2.90 bits per heavy atom. The van der Waals surface area contributed by atoms with Crippen LogP contribution in [0.5, 0.6) is 11.5 Å². The molecule has 6 aliphatic rings. The van der Waals surface area contributed by atoms with Crippen LogP contribution in [0.1, 0.15) is 24.0 Å². The van der Waals surface area contributed by atoms with Crippen LogP contribution in [0.3, 0.4) is 0 Å². The van der Waals surface area contributed by atoms with Crippen LogP contribution >= 0.6 is 0 Å². The highest BCUT2D eigenvalue weighted by atomic mass is 16.8. The maximum Gasteiger partial charge on any atom is 0.209 e. The smallest absolute Gasteiger partial charge is 0.209 e. The summed E-state index contributed by atoms with van der Waals surface area (Å²) in [4.78, 5) is 13.8. The van der Waals surface area contributed by atoms with E-state index in [4.69, 9.17) is 14.2 Å². The standard InChI is InChI=1S/C21H24N2O6/c1-27-13-4-3-12-9-14-19-5-6-21(28-2,15(10-19)23(25)26)18-20(19,7-8-22(14)11-24)16(12)17(13)29-18/h3-6,11,14-15,18,23,25H,7-10H2,1-2H3/t14-,15-,18-,19-,20+,21-/m1/s1. The average molecular weight is 400 g/mol. The molecule has 0 aromatic heterocycles. The normalized spacial score (nSPS) is 43.6. The number of rotatable bonds is 4. The molecule has 1 saturated heterocycles. The molecular weight excluding hydrogens is 376 g/mol. The molecule has 2 fully saturated rings. The largest absolute Gasteiger partial charge is 0.600 e. The molecule has 4 bridgehead atoms. The van der Waals surface area contributed by atoms with Crippen molar-refractivity contribution in [3.8, 4) is 11.5 Å². The third-order valence-corrected chi connectivity index (χ3v) is 8.48. The number of fused-ring (bicyclic) bond motifs is 1. The van der Waals surface area contributed by atoms with Gasteiger partial charge in [0, 0.05) is 37.1 Å². The molecule has 2 N–H and O–H groups in total. The van der Waals surface area contributed by atoms with E-state index in [1.54, 1.807) is 14.2 Å². The molecule has 29 heavy (non-hydrogen) atoms. The van der Waals surface area contributed by atoms with Crippen molar-refractivity contribution in [1.82, 2.24) is 4.90 Å². The van der Waals surface area contributed by atoms with Gasteiger partial charge in [0.05, 0.1) is 12.5 Å². The maximum atomic E-state index is 12.4. The number of carbonyl (C=O) groups excluding carboxylic acids is 1. The molecule has 7 atom stereocenters. The summed E-state index contributed by atoms with van der Waals surface area (Å²) in [6.45, 7) is 0.622. The zero-order valence-corrected chi connectivity index (χ0v) is 16.4. The summed E-state index contributed by atoms with van der Waals surface area (Å²) in [5.74, 6) is 1.38. The highest BCUT2D eigenvalue weighted by Gasteiger charge is 2.81. The fraction of sp³-hybridized carbons (Fsp3) is 0.571. The van der Waals surface area contributed by atoms with Gasteiger partial charge in [0.2, 0.25) is 6.41 Å². The number of nitrogens with one attached hydrogen (secondary N) is 1. The van der Waals surface area contributed by atoms with E-state index in [1.807, 2.05) is 17.0 Å². The van der Waals surface area contributed by atoms with E-state index in [0.717, 1.165) is 17.5 Å². The Balaban J connectivity index is 1.70. The zero-order chi connectivity index (χ0) is 20.2. The Labute approximate surface area is 168 Å². The van der Waals surface area contributed by atoms with Gasteiger partial charge >= 0.3 is 0 Å². The van der Waals surface area contributed by atoms with Crippen LogP contribution < -0.4 is 14.7 Å². The van der Waals surface area contributed by atoms with Gasteiger partial charge in [-0.15, -0.1) is 0 Å². The molecular formula is C21H24N2O6. The molecule has 1 aromatic rings. The minimum atomic E-state index is -1.06. The molecule has 1 unspecified atom stereocenters. The van der Waals surface area contributed by atoms with Crippen LogP contribution in [0.15, 0.2) is 24.3 Å². The number of ether oxygens (including phenoxy) is 3. The van der Waals surface area contributed by atoms with Crippen LogP contribution in [-0.4, -0.2) is 61.1 Å². The predicted molar refractivity (Wildman–Crippen MR) is 99.8 cm³/mol. The molecule has 1 saturated carbocycles. The second-order valence-electron chi connectivity index (χ2n) is 8.94. The number of quaternary nitrogens is 1. The monoisotopic (exact) mass is 400 g/mol. The van der Waals surface area contributed by atoms with Crippen molar-refractivity contribution in [1.29, 1.82) is 0 Å². The summed E-state index contributed by atoms with van der Waals surface area (Å²) in [7, 11) is 3.19. The van der Waals surface area contributed by atoms with Gasteiger partial charge in [0.25, 0.3) is 0 Å². The molecule has 2 spiro atoms. The number of nitrogens with zero attached hydrogens (tertiary/aromatic N) is 1. The highest BCUT2D eigenvalue weighted by Crippen LogP contribution is 2.73. The number of hydrogen-bond acceptors (Lipinski definition) is 6. The van der Waals surface area contributed by atoms with Crippen LogP contribution in [0.25, 0.3) is 0 Å². The quantitative estimate of drug-likeness (QED) is 0.419. The summed E-state index contributed by atoms with van der Waals surface area (Å²) in [5, 5.41) is 21.6. The van der Waals surface area contributed by atoms with Gasteiger partial charge in [-0.1, -0.05) is 12.1 Å². The van der Waals surface area contributed by atoms with Crippen molar-refractivity contribution in [3.05, 3.63) is 40.6 Å². The van der Waals surface area contributed by atoms with Crippen molar-refractivity contribution in [3.63, 3.8) is 0 Å². The van der Waals surface area contributed by atoms with Crippen molar-refractivity contribution in [2.75, 3.05) is 20.8 Å². The molecule has 4 aliphatic carbocycles. The summed E-state index contributed by atoms with van der Waals surface area (Å²) in [6, 6.07) is 3.14. The Kier molecular flexibility index (Phi) is 3.24. The van der Waals surface area contributed by atoms with Crippen molar-refractivity contribution < 1.29 is 29.4 Å². The van der Waals surface area contributed by atoms with Gasteiger partial charge in [-0.05, 0) is 30.5 Å². The molecule has 154 valence electrons. The number of piperidine rings is 1. The van der Waals surface area contributed by atoms with Gasteiger partial charge in [0.1, 0.15) is 6.10 Å². The van der Waals surface area contributed by atoms with E-state index in [0.29, 0.717) is 37.3 Å². The molecule has 8 nitrogen and oxygen atoms in total. The Bertz CT molecular complexity index is 949.